The van der Waals surface area contributed by atoms with Gasteiger partial charge in [-0.1, -0.05) is 42.0 Å². The largest absolute Gasteiger partial charge is 0.497 e. The summed E-state index contributed by atoms with van der Waals surface area (Å²) in [4.78, 5) is 14.2. The van der Waals surface area contributed by atoms with Crippen molar-refractivity contribution in [2.45, 2.75) is 13.0 Å². The van der Waals surface area contributed by atoms with Crippen LogP contribution in [0.5, 0.6) is 5.75 Å². The van der Waals surface area contributed by atoms with E-state index in [9.17, 15) is 4.79 Å². The second-order valence-corrected chi connectivity index (χ2v) is 6.25. The molecule has 0 saturated carbocycles. The van der Waals surface area contributed by atoms with E-state index in [2.05, 4.69) is 10.2 Å². The van der Waals surface area contributed by atoms with Crippen LogP contribution in [0.4, 0.5) is 0 Å². The van der Waals surface area contributed by atoms with Gasteiger partial charge in [0.1, 0.15) is 5.75 Å². The summed E-state index contributed by atoms with van der Waals surface area (Å²) in [6.07, 6.45) is 3.41. The average molecular weight is 338 g/mol. The molecule has 0 radical (unpaired) electrons. The number of rotatable bonds is 7. The standard InChI is InChI=1S/C21H26N2O2/c1-16-6-5-7-17(14-16)8-13-21(24)22-15-20(23(2)3)18-9-11-19(25-4)12-10-18/h5-14,20H,15H2,1-4H3,(H,22,24)/b13-8+. The second kappa shape index (κ2) is 9.04. The highest BCUT2D eigenvalue weighted by Crippen LogP contribution is 2.20. The Morgan fingerprint density at radius 2 is 1.92 bits per heavy atom. The summed E-state index contributed by atoms with van der Waals surface area (Å²) in [5.74, 6) is 0.730. The van der Waals surface area contributed by atoms with Crippen LogP contribution in [-0.4, -0.2) is 38.6 Å². The number of aryl methyl sites for hydroxylation is 1. The van der Waals surface area contributed by atoms with Gasteiger partial charge in [0.15, 0.2) is 0 Å². The number of methoxy groups -OCH3 is 1. The number of ether oxygens (including phenoxy) is 1. The highest BCUT2D eigenvalue weighted by Gasteiger charge is 2.14. The first-order chi connectivity index (χ1) is 12.0. The molecule has 132 valence electrons. The number of nitrogens with one attached hydrogen (secondary N) is 1. The van der Waals surface area contributed by atoms with Gasteiger partial charge in [-0.15, -0.1) is 0 Å². The minimum absolute atomic E-state index is 0.0955. The molecule has 2 rings (SSSR count). The molecule has 2 aromatic carbocycles. The van der Waals surface area contributed by atoms with Crippen LogP contribution in [0.1, 0.15) is 22.7 Å². The quantitative estimate of drug-likeness (QED) is 0.787. The molecule has 0 fully saturated rings. The minimum Gasteiger partial charge on any atom is -0.497 e. The van der Waals surface area contributed by atoms with Gasteiger partial charge in [0.2, 0.25) is 5.91 Å². The lowest BCUT2D eigenvalue weighted by molar-refractivity contribution is -0.116. The molecule has 0 aliphatic rings. The highest BCUT2D eigenvalue weighted by molar-refractivity contribution is 5.91. The highest BCUT2D eigenvalue weighted by atomic mass is 16.5. The molecule has 1 amide bonds. The van der Waals surface area contributed by atoms with E-state index < -0.39 is 0 Å². The van der Waals surface area contributed by atoms with Crippen molar-refractivity contribution in [1.82, 2.24) is 10.2 Å². The fourth-order valence-corrected chi connectivity index (χ4v) is 2.63. The van der Waals surface area contributed by atoms with Crippen molar-refractivity contribution < 1.29 is 9.53 Å². The predicted octanol–water partition coefficient (Wildman–Crippen LogP) is 3.44. The number of amides is 1. The zero-order valence-corrected chi connectivity index (χ0v) is 15.3. The Bertz CT molecular complexity index is 721. The molecule has 2 aromatic rings. The molecule has 25 heavy (non-hydrogen) atoms. The van der Waals surface area contributed by atoms with Gasteiger partial charge in [0, 0.05) is 12.6 Å². The van der Waals surface area contributed by atoms with Crippen molar-refractivity contribution >= 4 is 12.0 Å². The van der Waals surface area contributed by atoms with Crippen LogP contribution in [0.3, 0.4) is 0 Å². The fraction of sp³-hybridized carbons (Fsp3) is 0.286. The summed E-state index contributed by atoms with van der Waals surface area (Å²) in [6.45, 7) is 2.57. The summed E-state index contributed by atoms with van der Waals surface area (Å²) in [6, 6.07) is 16.1. The molecule has 1 atom stereocenters. The van der Waals surface area contributed by atoms with Crippen molar-refractivity contribution in [3.63, 3.8) is 0 Å². The Morgan fingerprint density at radius 1 is 1.20 bits per heavy atom. The van der Waals surface area contributed by atoms with E-state index in [0.717, 1.165) is 16.9 Å². The molecule has 0 heterocycles. The van der Waals surface area contributed by atoms with Crippen molar-refractivity contribution in [3.05, 3.63) is 71.3 Å². The van der Waals surface area contributed by atoms with Gasteiger partial charge in [-0.25, -0.2) is 0 Å². The monoisotopic (exact) mass is 338 g/mol. The number of carbonyl (C=O) groups is 1. The minimum atomic E-state index is -0.0955. The van der Waals surface area contributed by atoms with Crippen molar-refractivity contribution in [1.29, 1.82) is 0 Å². The van der Waals surface area contributed by atoms with Gasteiger partial charge in [0.05, 0.1) is 13.2 Å². The third-order valence-electron chi connectivity index (χ3n) is 4.06. The number of hydrogen-bond donors (Lipinski definition) is 1. The second-order valence-electron chi connectivity index (χ2n) is 6.25. The molecule has 0 saturated heterocycles. The molecule has 0 spiro atoms. The Balaban J connectivity index is 1.96. The maximum Gasteiger partial charge on any atom is 0.244 e. The van der Waals surface area contributed by atoms with Gasteiger partial charge >= 0.3 is 0 Å². The summed E-state index contributed by atoms with van der Waals surface area (Å²) < 4.78 is 5.20. The van der Waals surface area contributed by atoms with Gasteiger partial charge in [0.25, 0.3) is 0 Å². The lowest BCUT2D eigenvalue weighted by atomic mass is 10.1. The smallest absolute Gasteiger partial charge is 0.244 e. The van der Waals surface area contributed by atoms with E-state index in [0.29, 0.717) is 6.54 Å². The van der Waals surface area contributed by atoms with Gasteiger partial charge in [-0.3, -0.25) is 4.79 Å². The van der Waals surface area contributed by atoms with Crippen molar-refractivity contribution in [2.75, 3.05) is 27.7 Å². The van der Waals surface area contributed by atoms with Gasteiger partial charge in [-0.05, 0) is 50.4 Å². The topological polar surface area (TPSA) is 41.6 Å². The zero-order valence-electron chi connectivity index (χ0n) is 15.3. The van der Waals surface area contributed by atoms with Crippen LogP contribution >= 0.6 is 0 Å². The maximum absolute atomic E-state index is 12.1. The molecular formula is C21H26N2O2. The van der Waals surface area contributed by atoms with E-state index in [-0.39, 0.29) is 11.9 Å². The molecule has 4 heteroatoms. The van der Waals surface area contributed by atoms with Gasteiger partial charge in [-0.2, -0.15) is 0 Å². The van der Waals surface area contributed by atoms with Gasteiger partial charge < -0.3 is 15.0 Å². The normalized spacial score (nSPS) is 12.4. The summed E-state index contributed by atoms with van der Waals surface area (Å²) in [5, 5.41) is 2.98. The Morgan fingerprint density at radius 3 is 2.52 bits per heavy atom. The molecule has 0 bridgehead atoms. The Labute approximate surface area is 150 Å². The Kier molecular flexibility index (Phi) is 6.78. The van der Waals surface area contributed by atoms with E-state index in [1.54, 1.807) is 13.2 Å². The summed E-state index contributed by atoms with van der Waals surface area (Å²) in [5.41, 5.74) is 3.33. The maximum atomic E-state index is 12.1. The van der Waals surface area contributed by atoms with Crippen LogP contribution in [0.15, 0.2) is 54.6 Å². The van der Waals surface area contributed by atoms with Crippen molar-refractivity contribution in [3.8, 4) is 5.75 Å². The van der Waals surface area contributed by atoms with Crippen LogP contribution in [0.25, 0.3) is 6.08 Å². The van der Waals surface area contributed by atoms with E-state index in [1.165, 1.54) is 5.56 Å². The van der Waals surface area contributed by atoms with E-state index >= 15 is 0 Å². The molecular weight excluding hydrogens is 312 g/mol. The third-order valence-corrected chi connectivity index (χ3v) is 4.06. The summed E-state index contributed by atoms with van der Waals surface area (Å²) >= 11 is 0. The van der Waals surface area contributed by atoms with Crippen LogP contribution in [0.2, 0.25) is 0 Å². The number of hydrogen-bond acceptors (Lipinski definition) is 3. The molecule has 0 aromatic heterocycles. The molecule has 1 N–H and O–H groups in total. The number of benzene rings is 2. The van der Waals surface area contributed by atoms with Crippen LogP contribution < -0.4 is 10.1 Å². The lowest BCUT2D eigenvalue weighted by Crippen LogP contribution is -2.33. The van der Waals surface area contributed by atoms with Crippen LogP contribution in [0, 0.1) is 6.92 Å². The predicted molar refractivity (Wildman–Crippen MR) is 103 cm³/mol. The molecule has 0 aliphatic heterocycles. The number of likely N-dealkylation sites (N-methyl/N-ethyl adjacent to an activating group) is 1. The third kappa shape index (κ3) is 5.76. The van der Waals surface area contributed by atoms with E-state index in [4.69, 9.17) is 4.74 Å². The van der Waals surface area contributed by atoms with E-state index in [1.807, 2.05) is 75.6 Å². The molecule has 0 aliphatic carbocycles. The average Bonchev–Trinajstić information content (AvgIpc) is 2.60. The Hall–Kier alpha value is -2.59. The zero-order chi connectivity index (χ0) is 18.2. The lowest BCUT2D eigenvalue weighted by Gasteiger charge is -2.25. The first kappa shape index (κ1) is 18.7. The fourth-order valence-electron chi connectivity index (χ4n) is 2.63. The SMILES string of the molecule is COc1ccc(C(CNC(=O)/C=C/c2cccc(C)c2)N(C)C)cc1. The first-order valence-corrected chi connectivity index (χ1v) is 8.32. The summed E-state index contributed by atoms with van der Waals surface area (Å²) in [7, 11) is 5.66. The molecule has 1 unspecified atom stereocenters. The van der Waals surface area contributed by atoms with Crippen molar-refractivity contribution in [2.24, 2.45) is 0 Å². The number of nitrogens with zero attached hydrogens (tertiary/aromatic N) is 1. The number of carbonyl (C=O) groups excluding carboxylic acids is 1. The first-order valence-electron chi connectivity index (χ1n) is 8.32. The molecule has 4 nitrogen and oxygen atoms in total. The van der Waals surface area contributed by atoms with Crippen LogP contribution in [-0.2, 0) is 4.79 Å².